The highest BCUT2D eigenvalue weighted by Gasteiger charge is 2.25. The van der Waals surface area contributed by atoms with E-state index in [1.54, 1.807) is 6.33 Å². The van der Waals surface area contributed by atoms with E-state index in [-0.39, 0.29) is 0 Å². The van der Waals surface area contributed by atoms with Crippen LogP contribution >= 0.6 is 0 Å². The Bertz CT molecular complexity index is 368. The van der Waals surface area contributed by atoms with Gasteiger partial charge in [0.25, 0.3) is 0 Å². The topological polar surface area (TPSA) is 64.3 Å². The molecule has 0 amide bonds. The Hall–Kier alpha value is -1.36. The molecule has 1 fully saturated rings. The molecule has 0 spiro atoms. The van der Waals surface area contributed by atoms with Crippen molar-refractivity contribution in [3.63, 3.8) is 0 Å². The van der Waals surface area contributed by atoms with Gasteiger partial charge in [-0.25, -0.2) is 9.97 Å². The largest absolute Gasteiger partial charge is 0.478 e. The standard InChI is InChI=1S/C13H22N4O/c1-2-8-18-13-9-12(15-10-16-13)17(7-6-14)11-4-3-5-11/h9-11H,2-8,14H2,1H3. The molecule has 0 atom stereocenters. The zero-order valence-electron chi connectivity index (χ0n) is 11.0. The molecule has 0 bridgehead atoms. The Morgan fingerprint density at radius 2 is 2.28 bits per heavy atom. The molecular formula is C13H22N4O. The van der Waals surface area contributed by atoms with Gasteiger partial charge < -0.3 is 15.4 Å². The first kappa shape index (κ1) is 13.1. The van der Waals surface area contributed by atoms with Crippen molar-refractivity contribution < 1.29 is 4.74 Å². The lowest BCUT2D eigenvalue weighted by molar-refractivity contribution is 0.304. The number of hydrogen-bond acceptors (Lipinski definition) is 5. The summed E-state index contributed by atoms with van der Waals surface area (Å²) in [6, 6.07) is 2.51. The summed E-state index contributed by atoms with van der Waals surface area (Å²) in [4.78, 5) is 10.8. The van der Waals surface area contributed by atoms with Crippen molar-refractivity contribution in [1.29, 1.82) is 0 Å². The van der Waals surface area contributed by atoms with Gasteiger partial charge in [-0.15, -0.1) is 0 Å². The third-order valence-electron chi connectivity index (χ3n) is 3.26. The Kier molecular flexibility index (Phi) is 4.75. The van der Waals surface area contributed by atoms with E-state index in [9.17, 15) is 0 Å². The molecule has 1 heterocycles. The summed E-state index contributed by atoms with van der Waals surface area (Å²) in [5.74, 6) is 1.59. The van der Waals surface area contributed by atoms with Crippen LogP contribution in [0.3, 0.4) is 0 Å². The number of aromatic nitrogens is 2. The van der Waals surface area contributed by atoms with Crippen molar-refractivity contribution in [2.75, 3.05) is 24.6 Å². The average Bonchev–Trinajstić information content (AvgIpc) is 2.34. The molecule has 1 aromatic heterocycles. The summed E-state index contributed by atoms with van der Waals surface area (Å²) in [6.45, 7) is 4.26. The van der Waals surface area contributed by atoms with E-state index < -0.39 is 0 Å². The number of hydrogen-bond donors (Lipinski definition) is 1. The minimum absolute atomic E-state index is 0.586. The number of ether oxygens (including phenoxy) is 1. The fraction of sp³-hybridized carbons (Fsp3) is 0.692. The van der Waals surface area contributed by atoms with E-state index in [1.807, 2.05) is 6.07 Å². The quantitative estimate of drug-likeness (QED) is 0.796. The molecule has 100 valence electrons. The monoisotopic (exact) mass is 250 g/mol. The molecule has 2 N–H and O–H groups in total. The van der Waals surface area contributed by atoms with E-state index in [0.717, 1.165) is 18.8 Å². The SMILES string of the molecule is CCCOc1cc(N(CCN)C2CCC2)ncn1. The zero-order valence-corrected chi connectivity index (χ0v) is 11.0. The van der Waals surface area contributed by atoms with E-state index >= 15 is 0 Å². The van der Waals surface area contributed by atoms with Gasteiger partial charge >= 0.3 is 0 Å². The third-order valence-corrected chi connectivity index (χ3v) is 3.26. The van der Waals surface area contributed by atoms with Gasteiger partial charge in [0, 0.05) is 25.2 Å². The minimum atomic E-state index is 0.586. The highest BCUT2D eigenvalue weighted by molar-refractivity contribution is 5.42. The number of anilines is 1. The molecule has 2 rings (SSSR count). The van der Waals surface area contributed by atoms with Crippen LogP contribution in [0, 0.1) is 0 Å². The van der Waals surface area contributed by atoms with Crippen molar-refractivity contribution in [1.82, 2.24) is 9.97 Å². The molecule has 0 radical (unpaired) electrons. The maximum absolute atomic E-state index is 5.69. The maximum atomic E-state index is 5.69. The van der Waals surface area contributed by atoms with Crippen LogP contribution in [0.4, 0.5) is 5.82 Å². The van der Waals surface area contributed by atoms with Gasteiger partial charge in [-0.3, -0.25) is 0 Å². The number of nitrogens with two attached hydrogens (primary N) is 1. The predicted molar refractivity (Wildman–Crippen MR) is 71.9 cm³/mol. The van der Waals surface area contributed by atoms with Crippen molar-refractivity contribution in [3.05, 3.63) is 12.4 Å². The second kappa shape index (κ2) is 6.54. The predicted octanol–water partition coefficient (Wildman–Crippen LogP) is 1.58. The van der Waals surface area contributed by atoms with E-state index in [4.69, 9.17) is 10.5 Å². The van der Waals surface area contributed by atoms with Crippen molar-refractivity contribution in [3.8, 4) is 5.88 Å². The summed E-state index contributed by atoms with van der Waals surface area (Å²) < 4.78 is 5.55. The first-order chi connectivity index (χ1) is 8.85. The molecular weight excluding hydrogens is 228 g/mol. The van der Waals surface area contributed by atoms with Gasteiger partial charge in [-0.05, 0) is 25.7 Å². The maximum Gasteiger partial charge on any atom is 0.218 e. The lowest BCUT2D eigenvalue weighted by Crippen LogP contribution is -2.43. The smallest absolute Gasteiger partial charge is 0.218 e. The van der Waals surface area contributed by atoms with Gasteiger partial charge in [0.15, 0.2) is 0 Å². The number of nitrogens with zero attached hydrogens (tertiary/aromatic N) is 3. The second-order valence-corrected chi connectivity index (χ2v) is 4.63. The Morgan fingerprint density at radius 1 is 1.44 bits per heavy atom. The molecule has 1 saturated carbocycles. The molecule has 0 aromatic carbocycles. The molecule has 0 aliphatic heterocycles. The van der Waals surface area contributed by atoms with Crippen LogP contribution in [-0.2, 0) is 0 Å². The molecule has 18 heavy (non-hydrogen) atoms. The first-order valence-electron chi connectivity index (χ1n) is 6.76. The van der Waals surface area contributed by atoms with Gasteiger partial charge in [-0.2, -0.15) is 0 Å². The molecule has 1 aliphatic carbocycles. The molecule has 5 heteroatoms. The lowest BCUT2D eigenvalue weighted by Gasteiger charge is -2.38. The summed E-state index contributed by atoms with van der Waals surface area (Å²) in [5.41, 5.74) is 5.69. The lowest BCUT2D eigenvalue weighted by atomic mass is 9.91. The molecule has 1 aromatic rings. The van der Waals surface area contributed by atoms with Gasteiger partial charge in [0.2, 0.25) is 5.88 Å². The van der Waals surface area contributed by atoms with E-state index in [0.29, 0.717) is 25.1 Å². The van der Waals surface area contributed by atoms with Crippen molar-refractivity contribution in [2.24, 2.45) is 5.73 Å². The van der Waals surface area contributed by atoms with Gasteiger partial charge in [0.05, 0.1) is 6.61 Å². The fourth-order valence-corrected chi connectivity index (χ4v) is 2.09. The van der Waals surface area contributed by atoms with Crippen LogP contribution in [0.25, 0.3) is 0 Å². The summed E-state index contributed by atoms with van der Waals surface area (Å²) in [6.07, 6.45) is 6.32. The summed E-state index contributed by atoms with van der Waals surface area (Å²) in [7, 11) is 0. The highest BCUT2D eigenvalue weighted by Crippen LogP contribution is 2.29. The highest BCUT2D eigenvalue weighted by atomic mass is 16.5. The first-order valence-corrected chi connectivity index (χ1v) is 6.76. The molecule has 0 unspecified atom stereocenters. The van der Waals surface area contributed by atoms with Crippen LogP contribution in [0.15, 0.2) is 12.4 Å². The summed E-state index contributed by atoms with van der Waals surface area (Å²) in [5, 5.41) is 0. The van der Waals surface area contributed by atoms with Crippen LogP contribution < -0.4 is 15.4 Å². The normalized spacial score (nSPS) is 15.2. The van der Waals surface area contributed by atoms with E-state index in [2.05, 4.69) is 21.8 Å². The molecule has 0 saturated heterocycles. The van der Waals surface area contributed by atoms with Crippen LogP contribution in [0.2, 0.25) is 0 Å². The second-order valence-electron chi connectivity index (χ2n) is 4.63. The fourth-order valence-electron chi connectivity index (χ4n) is 2.09. The van der Waals surface area contributed by atoms with Crippen LogP contribution in [0.5, 0.6) is 5.88 Å². The van der Waals surface area contributed by atoms with Crippen molar-refractivity contribution in [2.45, 2.75) is 38.6 Å². The van der Waals surface area contributed by atoms with Crippen molar-refractivity contribution >= 4 is 5.82 Å². The Balaban J connectivity index is 2.08. The zero-order chi connectivity index (χ0) is 12.8. The molecule has 5 nitrogen and oxygen atoms in total. The molecule has 1 aliphatic rings. The third kappa shape index (κ3) is 3.10. The van der Waals surface area contributed by atoms with Gasteiger partial charge in [-0.1, -0.05) is 6.92 Å². The summed E-state index contributed by atoms with van der Waals surface area (Å²) >= 11 is 0. The number of rotatable bonds is 7. The Morgan fingerprint density at radius 3 is 2.89 bits per heavy atom. The van der Waals surface area contributed by atoms with E-state index in [1.165, 1.54) is 19.3 Å². The Labute approximate surface area is 108 Å². The minimum Gasteiger partial charge on any atom is -0.478 e. The average molecular weight is 250 g/mol. The van der Waals surface area contributed by atoms with Crippen LogP contribution in [-0.4, -0.2) is 35.7 Å². The van der Waals surface area contributed by atoms with Gasteiger partial charge in [0.1, 0.15) is 12.1 Å². The van der Waals surface area contributed by atoms with Crippen LogP contribution in [0.1, 0.15) is 32.6 Å².